The lowest BCUT2D eigenvalue weighted by atomic mass is 9.80. The van der Waals surface area contributed by atoms with E-state index < -0.39 is 9.84 Å². The number of hydrogen-bond donors (Lipinski definition) is 1. The molecule has 0 aromatic heterocycles. The second-order valence-electron chi connectivity index (χ2n) is 6.37. The van der Waals surface area contributed by atoms with Crippen LogP contribution in [0.2, 0.25) is 0 Å². The van der Waals surface area contributed by atoms with Crippen molar-refractivity contribution in [3.63, 3.8) is 0 Å². The molecule has 118 valence electrons. The maximum absolute atomic E-state index is 11.8. The van der Waals surface area contributed by atoms with E-state index >= 15 is 0 Å². The van der Waals surface area contributed by atoms with Crippen molar-refractivity contribution in [1.29, 1.82) is 0 Å². The van der Waals surface area contributed by atoms with E-state index in [0.717, 1.165) is 51.7 Å². The molecule has 0 spiro atoms. The number of ether oxygens (including phenoxy) is 1. The highest BCUT2D eigenvalue weighted by Gasteiger charge is 2.36. The van der Waals surface area contributed by atoms with E-state index in [1.54, 1.807) is 0 Å². The van der Waals surface area contributed by atoms with Crippen LogP contribution in [0.5, 0.6) is 0 Å². The minimum absolute atomic E-state index is 0.147. The topological polar surface area (TPSA) is 55.4 Å². The van der Waals surface area contributed by atoms with Gasteiger partial charge in [-0.15, -0.1) is 0 Å². The Hall–Kier alpha value is -0.130. The monoisotopic (exact) mass is 303 g/mol. The van der Waals surface area contributed by atoms with Gasteiger partial charge in [-0.05, 0) is 51.0 Å². The highest BCUT2D eigenvalue weighted by Crippen LogP contribution is 2.33. The summed E-state index contributed by atoms with van der Waals surface area (Å²) in [7, 11) is -2.91. The summed E-state index contributed by atoms with van der Waals surface area (Å²) in [4.78, 5) is 0. The molecule has 5 heteroatoms. The first-order valence-electron chi connectivity index (χ1n) is 8.06. The first-order chi connectivity index (χ1) is 9.52. The van der Waals surface area contributed by atoms with Crippen LogP contribution < -0.4 is 5.32 Å². The molecule has 4 nitrogen and oxygen atoms in total. The van der Waals surface area contributed by atoms with E-state index in [4.69, 9.17) is 4.74 Å². The van der Waals surface area contributed by atoms with Gasteiger partial charge in [-0.1, -0.05) is 13.3 Å². The lowest BCUT2D eigenvalue weighted by Gasteiger charge is -2.39. The van der Waals surface area contributed by atoms with Crippen LogP contribution in [0.1, 0.15) is 51.9 Å². The maximum Gasteiger partial charge on any atom is 0.150 e. The predicted molar refractivity (Wildman–Crippen MR) is 81.6 cm³/mol. The van der Waals surface area contributed by atoms with E-state index in [1.807, 2.05) is 0 Å². The summed E-state index contributed by atoms with van der Waals surface area (Å²) in [5.41, 5.74) is 0. The van der Waals surface area contributed by atoms with Gasteiger partial charge < -0.3 is 10.1 Å². The summed E-state index contributed by atoms with van der Waals surface area (Å²) < 4.78 is 29.6. The Morgan fingerprint density at radius 1 is 1.20 bits per heavy atom. The molecule has 1 aliphatic heterocycles. The minimum atomic E-state index is -2.91. The average Bonchev–Trinajstić information content (AvgIpc) is 2.45. The maximum atomic E-state index is 11.8. The average molecular weight is 303 g/mol. The Morgan fingerprint density at radius 3 is 2.60 bits per heavy atom. The highest BCUT2D eigenvalue weighted by molar-refractivity contribution is 7.91. The zero-order valence-corrected chi connectivity index (χ0v) is 13.6. The molecule has 4 unspecified atom stereocenters. The van der Waals surface area contributed by atoms with Gasteiger partial charge in [0.2, 0.25) is 0 Å². The normalized spacial score (nSPS) is 33.8. The summed E-state index contributed by atoms with van der Waals surface area (Å²) in [6.07, 6.45) is 8.95. The van der Waals surface area contributed by atoms with Crippen molar-refractivity contribution in [3.05, 3.63) is 0 Å². The number of hydrogen-bond acceptors (Lipinski definition) is 4. The van der Waals surface area contributed by atoms with Crippen LogP contribution in [0.3, 0.4) is 0 Å². The Balaban J connectivity index is 2.04. The van der Waals surface area contributed by atoms with Crippen LogP contribution in [0.15, 0.2) is 0 Å². The molecule has 2 rings (SSSR count). The second kappa shape index (κ2) is 7.23. The fraction of sp³-hybridized carbons (Fsp3) is 1.00. The van der Waals surface area contributed by atoms with Crippen molar-refractivity contribution < 1.29 is 13.2 Å². The van der Waals surface area contributed by atoms with Crippen molar-refractivity contribution >= 4 is 9.84 Å². The molecule has 2 aliphatic rings. The third-order valence-corrected chi connectivity index (χ3v) is 6.47. The van der Waals surface area contributed by atoms with Gasteiger partial charge in [0.15, 0.2) is 0 Å². The molecule has 20 heavy (non-hydrogen) atoms. The highest BCUT2D eigenvalue weighted by atomic mass is 32.2. The molecule has 4 atom stereocenters. The Kier molecular flexibility index (Phi) is 5.87. The van der Waals surface area contributed by atoms with Crippen LogP contribution in [-0.4, -0.2) is 45.2 Å². The van der Waals surface area contributed by atoms with Crippen LogP contribution in [0, 0.1) is 5.92 Å². The summed E-state index contributed by atoms with van der Waals surface area (Å²) >= 11 is 0. The SMILES string of the molecule is CCNC(C1CCCC(S(C)(=O)=O)C1)C1CCCCO1. The minimum Gasteiger partial charge on any atom is -0.377 e. The molecule has 0 bridgehead atoms. The summed E-state index contributed by atoms with van der Waals surface area (Å²) in [6.45, 7) is 3.89. The van der Waals surface area contributed by atoms with Gasteiger partial charge in [0.25, 0.3) is 0 Å². The van der Waals surface area contributed by atoms with Crippen molar-refractivity contribution in [2.24, 2.45) is 5.92 Å². The second-order valence-corrected chi connectivity index (χ2v) is 8.69. The fourth-order valence-electron chi connectivity index (χ4n) is 3.78. The van der Waals surface area contributed by atoms with Crippen LogP contribution >= 0.6 is 0 Å². The van der Waals surface area contributed by atoms with Crippen molar-refractivity contribution in [2.45, 2.75) is 69.3 Å². The standard InChI is InChI=1S/C15H29NO3S/c1-3-16-15(14-9-4-5-10-19-14)12-7-6-8-13(11-12)20(2,17)18/h12-16H,3-11H2,1-2H3. The zero-order valence-electron chi connectivity index (χ0n) is 12.8. The van der Waals surface area contributed by atoms with Crippen LogP contribution in [0.25, 0.3) is 0 Å². The van der Waals surface area contributed by atoms with E-state index in [-0.39, 0.29) is 11.4 Å². The molecule has 1 saturated carbocycles. The predicted octanol–water partition coefficient (Wildman–Crippen LogP) is 2.14. The lowest BCUT2D eigenvalue weighted by molar-refractivity contribution is -0.0246. The van der Waals surface area contributed by atoms with Gasteiger partial charge in [0.05, 0.1) is 11.4 Å². The summed E-state index contributed by atoms with van der Waals surface area (Å²) in [5, 5.41) is 3.43. The Labute approximate surface area is 123 Å². The van der Waals surface area contributed by atoms with Crippen molar-refractivity contribution in [2.75, 3.05) is 19.4 Å². The van der Waals surface area contributed by atoms with E-state index in [1.165, 1.54) is 12.7 Å². The quantitative estimate of drug-likeness (QED) is 0.845. The Bertz CT molecular complexity index is 390. The molecule has 2 fully saturated rings. The largest absolute Gasteiger partial charge is 0.377 e. The third-order valence-electron chi connectivity index (χ3n) is 4.84. The number of nitrogens with one attached hydrogen (secondary N) is 1. The van der Waals surface area contributed by atoms with Crippen LogP contribution in [0.4, 0.5) is 0 Å². The van der Waals surface area contributed by atoms with E-state index in [0.29, 0.717) is 12.0 Å². The van der Waals surface area contributed by atoms with Gasteiger partial charge >= 0.3 is 0 Å². The van der Waals surface area contributed by atoms with Gasteiger partial charge in [0.1, 0.15) is 9.84 Å². The number of rotatable bonds is 5. The molecule has 1 aliphatic carbocycles. The summed E-state index contributed by atoms with van der Waals surface area (Å²) in [6, 6.07) is 0.324. The van der Waals surface area contributed by atoms with Crippen LogP contribution in [-0.2, 0) is 14.6 Å². The first-order valence-corrected chi connectivity index (χ1v) is 10.0. The van der Waals surface area contributed by atoms with Crippen molar-refractivity contribution in [1.82, 2.24) is 5.32 Å². The molecule has 1 N–H and O–H groups in total. The fourth-order valence-corrected chi connectivity index (χ4v) is 4.97. The zero-order chi connectivity index (χ0) is 14.6. The van der Waals surface area contributed by atoms with Crippen molar-refractivity contribution in [3.8, 4) is 0 Å². The van der Waals surface area contributed by atoms with E-state index in [9.17, 15) is 8.42 Å². The first kappa shape index (κ1) is 16.2. The molecule has 0 radical (unpaired) electrons. The molecule has 0 aromatic rings. The molecular weight excluding hydrogens is 274 g/mol. The Morgan fingerprint density at radius 2 is 2.00 bits per heavy atom. The van der Waals surface area contributed by atoms with Gasteiger partial charge in [0, 0.05) is 18.9 Å². The van der Waals surface area contributed by atoms with Gasteiger partial charge in [-0.2, -0.15) is 0 Å². The molecular formula is C15H29NO3S. The number of likely N-dealkylation sites (N-methyl/N-ethyl adjacent to an activating group) is 1. The summed E-state index contributed by atoms with van der Waals surface area (Å²) in [5.74, 6) is 0.437. The third kappa shape index (κ3) is 4.18. The van der Waals surface area contributed by atoms with E-state index in [2.05, 4.69) is 12.2 Å². The lowest BCUT2D eigenvalue weighted by Crippen LogP contribution is -2.50. The number of sulfone groups is 1. The van der Waals surface area contributed by atoms with Gasteiger partial charge in [-0.25, -0.2) is 8.42 Å². The molecule has 0 amide bonds. The van der Waals surface area contributed by atoms with Gasteiger partial charge in [-0.3, -0.25) is 0 Å². The smallest absolute Gasteiger partial charge is 0.150 e. The molecule has 1 heterocycles. The molecule has 0 aromatic carbocycles. The molecule has 1 saturated heterocycles.